The van der Waals surface area contributed by atoms with Crippen LogP contribution in [0.2, 0.25) is 0 Å². The number of carboxylic acid groups (broad SMARTS) is 1. The molecule has 1 aliphatic rings. The molecule has 1 aromatic rings. The van der Waals surface area contributed by atoms with E-state index in [4.69, 9.17) is 9.84 Å². The first-order valence-electron chi connectivity index (χ1n) is 5.51. The third-order valence-corrected chi connectivity index (χ3v) is 2.85. The summed E-state index contributed by atoms with van der Waals surface area (Å²) >= 11 is 0. The van der Waals surface area contributed by atoms with Gasteiger partial charge in [-0.15, -0.1) is 6.58 Å². The molecule has 17 heavy (non-hydrogen) atoms. The highest BCUT2D eigenvalue weighted by atomic mass is 16.5. The molecule has 2 rings (SSSR count). The molecule has 0 fully saturated rings. The summed E-state index contributed by atoms with van der Waals surface area (Å²) in [6.45, 7) is 7.05. The van der Waals surface area contributed by atoms with Crippen molar-refractivity contribution in [3.63, 3.8) is 0 Å². The summed E-state index contributed by atoms with van der Waals surface area (Å²) in [7, 11) is 0. The largest absolute Gasteiger partial charge is 0.489 e. The van der Waals surface area contributed by atoms with Gasteiger partial charge < -0.3 is 14.7 Å². The number of benzene rings is 1. The summed E-state index contributed by atoms with van der Waals surface area (Å²) in [6, 6.07) is 5.13. The fourth-order valence-corrected chi connectivity index (χ4v) is 1.95. The van der Waals surface area contributed by atoms with Crippen LogP contribution >= 0.6 is 0 Å². The van der Waals surface area contributed by atoms with Crippen molar-refractivity contribution in [2.45, 2.75) is 13.0 Å². The van der Waals surface area contributed by atoms with Gasteiger partial charge >= 0.3 is 5.97 Å². The standard InChI is InChI=1S/C13H15NO3/c1-3-6-14-9(2)8-17-12-5-4-10(13(15)16)7-11(12)14/h3-5,7,9H,1,6,8H2,2H3,(H,15,16). The average molecular weight is 233 g/mol. The lowest BCUT2D eigenvalue weighted by Crippen LogP contribution is -2.41. The Bertz CT molecular complexity index is 456. The smallest absolute Gasteiger partial charge is 0.335 e. The normalized spacial score (nSPS) is 18.2. The minimum absolute atomic E-state index is 0.213. The Hall–Kier alpha value is -1.97. The van der Waals surface area contributed by atoms with E-state index in [0.717, 1.165) is 11.4 Å². The number of carbonyl (C=O) groups is 1. The van der Waals surface area contributed by atoms with Gasteiger partial charge in [-0.2, -0.15) is 0 Å². The average Bonchev–Trinajstić information content (AvgIpc) is 2.32. The van der Waals surface area contributed by atoms with Crippen LogP contribution in [-0.2, 0) is 0 Å². The Balaban J connectivity index is 2.44. The lowest BCUT2D eigenvalue weighted by Gasteiger charge is -2.36. The van der Waals surface area contributed by atoms with E-state index < -0.39 is 5.97 Å². The van der Waals surface area contributed by atoms with Gasteiger partial charge in [0.25, 0.3) is 0 Å². The zero-order chi connectivity index (χ0) is 12.4. The molecule has 1 unspecified atom stereocenters. The number of rotatable bonds is 3. The first kappa shape index (κ1) is 11.5. The molecule has 0 aromatic heterocycles. The fraction of sp³-hybridized carbons (Fsp3) is 0.308. The zero-order valence-corrected chi connectivity index (χ0v) is 9.72. The van der Waals surface area contributed by atoms with E-state index in [2.05, 4.69) is 11.5 Å². The lowest BCUT2D eigenvalue weighted by molar-refractivity contribution is 0.0697. The Labute approximate surface area is 100 Å². The van der Waals surface area contributed by atoms with Crippen molar-refractivity contribution in [1.82, 2.24) is 0 Å². The lowest BCUT2D eigenvalue weighted by atomic mass is 10.1. The van der Waals surface area contributed by atoms with Crippen LogP contribution in [0.3, 0.4) is 0 Å². The van der Waals surface area contributed by atoms with Gasteiger partial charge in [0.05, 0.1) is 17.3 Å². The molecule has 4 heteroatoms. The van der Waals surface area contributed by atoms with E-state index in [1.54, 1.807) is 24.3 Å². The van der Waals surface area contributed by atoms with E-state index in [1.807, 2.05) is 6.92 Å². The summed E-state index contributed by atoms with van der Waals surface area (Å²) in [4.78, 5) is 13.0. The Morgan fingerprint density at radius 3 is 3.12 bits per heavy atom. The van der Waals surface area contributed by atoms with Crippen molar-refractivity contribution in [2.24, 2.45) is 0 Å². The Kier molecular flexibility index (Phi) is 3.04. The van der Waals surface area contributed by atoms with Gasteiger partial charge in [-0.1, -0.05) is 6.08 Å². The topological polar surface area (TPSA) is 49.8 Å². The molecule has 0 spiro atoms. The van der Waals surface area contributed by atoms with Crippen LogP contribution in [0.4, 0.5) is 5.69 Å². The van der Waals surface area contributed by atoms with Crippen LogP contribution in [0.25, 0.3) is 0 Å². The van der Waals surface area contributed by atoms with Gasteiger partial charge in [0.2, 0.25) is 0 Å². The van der Waals surface area contributed by atoms with Gasteiger partial charge in [0, 0.05) is 6.54 Å². The molecule has 1 heterocycles. The second kappa shape index (κ2) is 4.49. The van der Waals surface area contributed by atoms with Gasteiger partial charge in [-0.05, 0) is 25.1 Å². The number of hydrogen-bond acceptors (Lipinski definition) is 3. The van der Waals surface area contributed by atoms with Crippen molar-refractivity contribution in [1.29, 1.82) is 0 Å². The summed E-state index contributed by atoms with van der Waals surface area (Å²) in [6.07, 6.45) is 1.80. The molecular weight excluding hydrogens is 218 g/mol. The molecule has 90 valence electrons. The molecule has 0 bridgehead atoms. The van der Waals surface area contributed by atoms with Gasteiger partial charge in [-0.3, -0.25) is 0 Å². The monoisotopic (exact) mass is 233 g/mol. The van der Waals surface area contributed by atoms with Crippen molar-refractivity contribution < 1.29 is 14.6 Å². The second-order valence-electron chi connectivity index (χ2n) is 4.09. The van der Waals surface area contributed by atoms with Crippen LogP contribution in [0.1, 0.15) is 17.3 Å². The van der Waals surface area contributed by atoms with Crippen LogP contribution in [-0.4, -0.2) is 30.3 Å². The van der Waals surface area contributed by atoms with Gasteiger partial charge in [0.15, 0.2) is 0 Å². The third kappa shape index (κ3) is 2.11. The molecule has 1 N–H and O–H groups in total. The molecule has 0 saturated carbocycles. The predicted molar refractivity (Wildman–Crippen MR) is 65.9 cm³/mol. The number of fused-ring (bicyclic) bond motifs is 1. The highest BCUT2D eigenvalue weighted by molar-refractivity contribution is 5.89. The number of nitrogens with zero attached hydrogens (tertiary/aromatic N) is 1. The first-order valence-corrected chi connectivity index (χ1v) is 5.51. The first-order chi connectivity index (χ1) is 8.13. The third-order valence-electron chi connectivity index (χ3n) is 2.85. The highest BCUT2D eigenvalue weighted by Gasteiger charge is 2.24. The molecule has 0 saturated heterocycles. The van der Waals surface area contributed by atoms with E-state index in [9.17, 15) is 4.79 Å². The summed E-state index contributed by atoms with van der Waals surface area (Å²) < 4.78 is 5.58. The van der Waals surface area contributed by atoms with E-state index >= 15 is 0 Å². The minimum atomic E-state index is -0.926. The van der Waals surface area contributed by atoms with Gasteiger partial charge in [-0.25, -0.2) is 4.79 Å². The number of ether oxygens (including phenoxy) is 1. The van der Waals surface area contributed by atoms with E-state index in [1.165, 1.54) is 0 Å². The number of hydrogen-bond donors (Lipinski definition) is 1. The van der Waals surface area contributed by atoms with Crippen LogP contribution in [0.15, 0.2) is 30.9 Å². The molecule has 4 nitrogen and oxygen atoms in total. The molecule has 1 atom stereocenters. The van der Waals surface area contributed by atoms with Crippen LogP contribution < -0.4 is 9.64 Å². The maximum absolute atomic E-state index is 11.0. The molecule has 1 aliphatic heterocycles. The zero-order valence-electron chi connectivity index (χ0n) is 9.72. The van der Waals surface area contributed by atoms with Crippen LogP contribution in [0, 0.1) is 0 Å². The summed E-state index contributed by atoms with van der Waals surface area (Å²) in [5, 5.41) is 8.99. The SMILES string of the molecule is C=CCN1c2cc(C(=O)O)ccc2OCC1C. The quantitative estimate of drug-likeness (QED) is 0.813. The fourth-order valence-electron chi connectivity index (χ4n) is 1.95. The molecule has 0 aliphatic carbocycles. The molecule has 1 aromatic carbocycles. The van der Waals surface area contributed by atoms with Crippen molar-refractivity contribution in [3.8, 4) is 5.75 Å². The maximum atomic E-state index is 11.0. The minimum Gasteiger partial charge on any atom is -0.489 e. The van der Waals surface area contributed by atoms with Crippen LogP contribution in [0.5, 0.6) is 5.75 Å². The Morgan fingerprint density at radius 1 is 1.71 bits per heavy atom. The summed E-state index contributed by atoms with van der Waals surface area (Å²) in [5.41, 5.74) is 1.10. The van der Waals surface area contributed by atoms with Gasteiger partial charge in [0.1, 0.15) is 12.4 Å². The van der Waals surface area contributed by atoms with Crippen molar-refractivity contribution in [3.05, 3.63) is 36.4 Å². The molecule has 0 amide bonds. The van der Waals surface area contributed by atoms with E-state index in [0.29, 0.717) is 13.2 Å². The predicted octanol–water partition coefficient (Wildman–Crippen LogP) is 2.16. The molecular formula is C13H15NO3. The molecule has 0 radical (unpaired) electrons. The van der Waals surface area contributed by atoms with Crippen molar-refractivity contribution in [2.75, 3.05) is 18.1 Å². The second-order valence-corrected chi connectivity index (χ2v) is 4.09. The van der Waals surface area contributed by atoms with Crippen molar-refractivity contribution >= 4 is 11.7 Å². The Morgan fingerprint density at radius 2 is 2.47 bits per heavy atom. The highest BCUT2D eigenvalue weighted by Crippen LogP contribution is 2.34. The number of carboxylic acids is 1. The van der Waals surface area contributed by atoms with E-state index in [-0.39, 0.29) is 11.6 Å². The maximum Gasteiger partial charge on any atom is 0.335 e. The number of aromatic carboxylic acids is 1. The number of anilines is 1. The summed E-state index contributed by atoms with van der Waals surface area (Å²) in [5.74, 6) is -0.195.